The van der Waals surface area contributed by atoms with Crippen molar-refractivity contribution < 1.29 is 4.79 Å². The van der Waals surface area contributed by atoms with Gasteiger partial charge in [-0.05, 0) is 31.9 Å². The molecule has 0 spiro atoms. The smallest absolute Gasteiger partial charge is 0.252 e. The fraction of sp³-hybridized carbons (Fsp3) is 0.462. The van der Waals surface area contributed by atoms with Gasteiger partial charge in [-0.25, -0.2) is 0 Å². The maximum atomic E-state index is 12.0. The quantitative estimate of drug-likeness (QED) is 0.773. The summed E-state index contributed by atoms with van der Waals surface area (Å²) in [6.07, 6.45) is 1.84. The number of nitrogens with one attached hydrogen (secondary N) is 1. The third-order valence-corrected chi connectivity index (χ3v) is 3.51. The molecule has 0 heterocycles. The van der Waals surface area contributed by atoms with Crippen LogP contribution in [0.15, 0.2) is 29.2 Å². The van der Waals surface area contributed by atoms with Crippen LogP contribution in [0.3, 0.4) is 0 Å². The summed E-state index contributed by atoms with van der Waals surface area (Å²) >= 11 is 4.28. The molecule has 0 atom stereocenters. The summed E-state index contributed by atoms with van der Waals surface area (Å²) in [5, 5.41) is 3.06. The average Bonchev–Trinajstić information content (AvgIpc) is 2.29. The van der Waals surface area contributed by atoms with Crippen LogP contribution in [-0.4, -0.2) is 11.4 Å². The first-order chi connectivity index (χ1) is 7.52. The highest BCUT2D eigenvalue weighted by Crippen LogP contribution is 2.17. The standard InChI is InChI=1S/C13H19NOS/c1-4-13(3,5-2)14-12(15)10-8-6-7-9-11(10)16/h6-9,16H,4-5H2,1-3H3,(H,14,15). The number of hydrogen-bond acceptors (Lipinski definition) is 2. The van der Waals surface area contributed by atoms with E-state index in [2.05, 4.69) is 38.7 Å². The second-order valence-corrected chi connectivity index (χ2v) is 4.72. The number of thiol groups is 1. The van der Waals surface area contributed by atoms with E-state index in [0.717, 1.165) is 17.7 Å². The van der Waals surface area contributed by atoms with Gasteiger partial charge in [0.1, 0.15) is 0 Å². The van der Waals surface area contributed by atoms with Gasteiger partial charge in [0, 0.05) is 10.4 Å². The lowest BCUT2D eigenvalue weighted by atomic mass is 9.95. The summed E-state index contributed by atoms with van der Waals surface area (Å²) in [5.41, 5.74) is 0.506. The van der Waals surface area contributed by atoms with E-state index >= 15 is 0 Å². The van der Waals surface area contributed by atoms with Gasteiger partial charge in [-0.3, -0.25) is 4.79 Å². The highest BCUT2D eigenvalue weighted by Gasteiger charge is 2.23. The van der Waals surface area contributed by atoms with Gasteiger partial charge in [0.25, 0.3) is 5.91 Å². The van der Waals surface area contributed by atoms with E-state index in [0.29, 0.717) is 5.56 Å². The van der Waals surface area contributed by atoms with Crippen LogP contribution in [0.25, 0.3) is 0 Å². The molecule has 1 aromatic carbocycles. The van der Waals surface area contributed by atoms with Crippen LogP contribution in [0.2, 0.25) is 0 Å². The Kier molecular flexibility index (Phi) is 4.42. The Bertz CT molecular complexity index is 372. The summed E-state index contributed by atoms with van der Waals surface area (Å²) in [7, 11) is 0. The SMILES string of the molecule is CCC(C)(CC)NC(=O)c1ccccc1S. The molecule has 1 amide bonds. The fourth-order valence-corrected chi connectivity index (χ4v) is 1.70. The average molecular weight is 237 g/mol. The molecule has 0 radical (unpaired) electrons. The molecule has 1 aromatic rings. The number of carbonyl (C=O) groups excluding carboxylic acids is 1. The summed E-state index contributed by atoms with van der Waals surface area (Å²) in [6, 6.07) is 7.35. The first-order valence-corrected chi connectivity index (χ1v) is 6.07. The zero-order chi connectivity index (χ0) is 12.2. The third-order valence-electron chi connectivity index (χ3n) is 3.12. The minimum Gasteiger partial charge on any atom is -0.347 e. The van der Waals surface area contributed by atoms with E-state index in [1.807, 2.05) is 18.2 Å². The van der Waals surface area contributed by atoms with Crippen LogP contribution in [0.4, 0.5) is 0 Å². The first-order valence-electron chi connectivity index (χ1n) is 5.63. The number of rotatable bonds is 4. The van der Waals surface area contributed by atoms with Crippen molar-refractivity contribution in [3.8, 4) is 0 Å². The molecule has 1 rings (SSSR count). The van der Waals surface area contributed by atoms with Crippen LogP contribution in [-0.2, 0) is 0 Å². The van der Waals surface area contributed by atoms with Gasteiger partial charge < -0.3 is 5.32 Å². The van der Waals surface area contributed by atoms with Gasteiger partial charge in [0.15, 0.2) is 0 Å². The molecule has 0 aromatic heterocycles. The molecule has 0 fully saturated rings. The van der Waals surface area contributed by atoms with Crippen molar-refractivity contribution in [1.82, 2.24) is 5.32 Å². The van der Waals surface area contributed by atoms with E-state index in [4.69, 9.17) is 0 Å². The summed E-state index contributed by atoms with van der Waals surface area (Å²) in [6.45, 7) is 6.22. The van der Waals surface area contributed by atoms with Crippen molar-refractivity contribution in [2.24, 2.45) is 0 Å². The van der Waals surface area contributed by atoms with Crippen molar-refractivity contribution in [2.75, 3.05) is 0 Å². The molecule has 2 nitrogen and oxygen atoms in total. The summed E-state index contributed by atoms with van der Waals surface area (Å²) < 4.78 is 0. The molecular weight excluding hydrogens is 218 g/mol. The van der Waals surface area contributed by atoms with E-state index in [1.165, 1.54) is 0 Å². The minimum atomic E-state index is -0.132. The second-order valence-electron chi connectivity index (χ2n) is 4.24. The van der Waals surface area contributed by atoms with Crippen LogP contribution in [0.1, 0.15) is 44.0 Å². The van der Waals surface area contributed by atoms with Crippen LogP contribution >= 0.6 is 12.6 Å². The maximum absolute atomic E-state index is 12.0. The molecule has 0 unspecified atom stereocenters. The molecular formula is C13H19NOS. The number of amides is 1. The lowest BCUT2D eigenvalue weighted by molar-refractivity contribution is 0.0898. The number of carbonyl (C=O) groups is 1. The lowest BCUT2D eigenvalue weighted by Gasteiger charge is -2.28. The largest absolute Gasteiger partial charge is 0.347 e. The van der Waals surface area contributed by atoms with Crippen LogP contribution < -0.4 is 5.32 Å². The Morgan fingerprint density at radius 3 is 2.38 bits per heavy atom. The maximum Gasteiger partial charge on any atom is 0.252 e. The predicted octanol–water partition coefficient (Wildman–Crippen LogP) is 3.28. The Labute approximate surface area is 103 Å². The molecule has 88 valence electrons. The third kappa shape index (κ3) is 3.01. The molecule has 0 aliphatic heterocycles. The summed E-state index contributed by atoms with van der Waals surface area (Å²) in [4.78, 5) is 12.8. The Morgan fingerprint density at radius 2 is 1.88 bits per heavy atom. The zero-order valence-corrected chi connectivity index (χ0v) is 11.0. The number of hydrogen-bond donors (Lipinski definition) is 2. The highest BCUT2D eigenvalue weighted by atomic mass is 32.1. The molecule has 16 heavy (non-hydrogen) atoms. The predicted molar refractivity (Wildman–Crippen MR) is 70.1 cm³/mol. The molecule has 0 saturated heterocycles. The topological polar surface area (TPSA) is 29.1 Å². The van der Waals surface area contributed by atoms with E-state index in [1.54, 1.807) is 6.07 Å². The highest BCUT2D eigenvalue weighted by molar-refractivity contribution is 7.80. The summed E-state index contributed by atoms with van der Waals surface area (Å²) in [5.74, 6) is -0.0446. The van der Waals surface area contributed by atoms with Gasteiger partial charge in [0.2, 0.25) is 0 Å². The fourth-order valence-electron chi connectivity index (χ4n) is 1.43. The molecule has 1 N–H and O–H groups in total. The molecule has 0 aliphatic rings. The normalized spacial score (nSPS) is 11.2. The van der Waals surface area contributed by atoms with Crippen molar-refractivity contribution in [2.45, 2.75) is 44.0 Å². The van der Waals surface area contributed by atoms with Crippen molar-refractivity contribution in [3.05, 3.63) is 29.8 Å². The van der Waals surface area contributed by atoms with Crippen molar-refractivity contribution in [3.63, 3.8) is 0 Å². The van der Waals surface area contributed by atoms with Crippen LogP contribution in [0.5, 0.6) is 0 Å². The van der Waals surface area contributed by atoms with Gasteiger partial charge in [-0.1, -0.05) is 26.0 Å². The lowest BCUT2D eigenvalue weighted by Crippen LogP contribution is -2.45. The van der Waals surface area contributed by atoms with Gasteiger partial charge >= 0.3 is 0 Å². The van der Waals surface area contributed by atoms with Crippen molar-refractivity contribution >= 4 is 18.5 Å². The van der Waals surface area contributed by atoms with Gasteiger partial charge in [-0.2, -0.15) is 0 Å². The Morgan fingerprint density at radius 1 is 1.31 bits per heavy atom. The molecule has 0 aliphatic carbocycles. The van der Waals surface area contributed by atoms with Crippen LogP contribution in [0, 0.1) is 0 Å². The van der Waals surface area contributed by atoms with E-state index in [9.17, 15) is 4.79 Å². The Balaban J connectivity index is 2.84. The Hall–Kier alpha value is -0.960. The zero-order valence-electron chi connectivity index (χ0n) is 10.1. The molecule has 3 heteroatoms. The van der Waals surface area contributed by atoms with Gasteiger partial charge in [0.05, 0.1) is 5.56 Å². The first kappa shape index (κ1) is 13.1. The van der Waals surface area contributed by atoms with Crippen molar-refractivity contribution in [1.29, 1.82) is 0 Å². The molecule has 0 saturated carbocycles. The van der Waals surface area contributed by atoms with Gasteiger partial charge in [-0.15, -0.1) is 12.6 Å². The second kappa shape index (κ2) is 5.39. The minimum absolute atomic E-state index is 0.0446. The number of benzene rings is 1. The van der Waals surface area contributed by atoms with E-state index in [-0.39, 0.29) is 11.4 Å². The molecule has 0 bridgehead atoms. The van der Waals surface area contributed by atoms with E-state index < -0.39 is 0 Å². The monoisotopic (exact) mass is 237 g/mol.